The number of hydrogen-bond acceptors (Lipinski definition) is 4. The highest BCUT2D eigenvalue weighted by Gasteiger charge is 2.17. The lowest BCUT2D eigenvalue weighted by Gasteiger charge is -2.14. The maximum Gasteiger partial charge on any atom is 0.331 e. The minimum atomic E-state index is -0.913. The third kappa shape index (κ3) is 5.99. The zero-order valence-electron chi connectivity index (χ0n) is 16.1. The second-order valence-electron chi connectivity index (χ2n) is 6.19. The maximum atomic E-state index is 12.3. The average Bonchev–Trinajstić information content (AvgIpc) is 2.64. The van der Waals surface area contributed by atoms with E-state index in [2.05, 4.69) is 5.32 Å². The molecular weight excluding hydrogens is 342 g/mol. The fourth-order valence-corrected chi connectivity index (χ4v) is 2.43. The van der Waals surface area contributed by atoms with Gasteiger partial charge in [0.05, 0.1) is 6.61 Å². The highest BCUT2D eigenvalue weighted by molar-refractivity contribution is 5.97. The number of amides is 1. The Balaban J connectivity index is 1.96. The summed E-state index contributed by atoms with van der Waals surface area (Å²) in [6, 6.07) is 13.2. The van der Waals surface area contributed by atoms with Gasteiger partial charge in [0.1, 0.15) is 5.75 Å². The summed E-state index contributed by atoms with van der Waals surface area (Å²) in [6.45, 7) is 7.82. The highest BCUT2D eigenvalue weighted by Crippen LogP contribution is 2.20. The van der Waals surface area contributed by atoms with E-state index in [1.54, 1.807) is 13.0 Å². The second-order valence-corrected chi connectivity index (χ2v) is 6.19. The molecule has 1 atom stereocenters. The van der Waals surface area contributed by atoms with Crippen LogP contribution in [0.5, 0.6) is 5.75 Å². The standard InChI is InChI=1S/C22H25NO4/c1-5-26-20-9-7-6-8-18(20)12-13-21(24)27-17(4)22(25)23-19-14-15(2)10-11-16(19)3/h6-14,17H,5H2,1-4H3,(H,23,25)/b13-12+/t17-/m1/s1. The molecule has 0 fully saturated rings. The number of para-hydroxylation sites is 1. The van der Waals surface area contributed by atoms with Crippen LogP contribution in [-0.2, 0) is 14.3 Å². The maximum absolute atomic E-state index is 12.3. The van der Waals surface area contributed by atoms with E-state index < -0.39 is 12.1 Å². The molecule has 0 saturated carbocycles. The molecule has 2 rings (SSSR count). The minimum absolute atomic E-state index is 0.375. The molecule has 27 heavy (non-hydrogen) atoms. The Hall–Kier alpha value is -3.08. The Morgan fingerprint density at radius 2 is 1.89 bits per heavy atom. The van der Waals surface area contributed by atoms with Gasteiger partial charge in [-0.05, 0) is 57.0 Å². The van der Waals surface area contributed by atoms with Crippen molar-refractivity contribution in [1.82, 2.24) is 0 Å². The van der Waals surface area contributed by atoms with Crippen molar-refractivity contribution in [1.29, 1.82) is 0 Å². The lowest BCUT2D eigenvalue weighted by atomic mass is 10.1. The minimum Gasteiger partial charge on any atom is -0.493 e. The third-order valence-corrected chi connectivity index (χ3v) is 3.93. The largest absolute Gasteiger partial charge is 0.493 e. The van der Waals surface area contributed by atoms with Crippen molar-refractivity contribution in [2.45, 2.75) is 33.8 Å². The number of benzene rings is 2. The third-order valence-electron chi connectivity index (χ3n) is 3.93. The Labute approximate surface area is 160 Å². The zero-order chi connectivity index (χ0) is 19.8. The van der Waals surface area contributed by atoms with Crippen LogP contribution >= 0.6 is 0 Å². The summed E-state index contributed by atoms with van der Waals surface area (Å²) in [5, 5.41) is 2.80. The first-order chi connectivity index (χ1) is 12.9. The van der Waals surface area contributed by atoms with Crippen LogP contribution in [0.2, 0.25) is 0 Å². The van der Waals surface area contributed by atoms with Gasteiger partial charge in [-0.25, -0.2) is 4.79 Å². The topological polar surface area (TPSA) is 64.6 Å². The molecule has 142 valence electrons. The molecule has 0 aliphatic rings. The van der Waals surface area contributed by atoms with Gasteiger partial charge in [0.2, 0.25) is 0 Å². The van der Waals surface area contributed by atoms with Crippen LogP contribution in [0, 0.1) is 13.8 Å². The van der Waals surface area contributed by atoms with Gasteiger partial charge in [-0.1, -0.05) is 30.3 Å². The van der Waals surface area contributed by atoms with Crippen LogP contribution in [0.4, 0.5) is 5.69 Å². The van der Waals surface area contributed by atoms with E-state index in [-0.39, 0.29) is 5.91 Å². The van der Waals surface area contributed by atoms with Crippen molar-refractivity contribution >= 4 is 23.6 Å². The number of rotatable bonds is 7. The average molecular weight is 367 g/mol. The molecule has 0 aromatic heterocycles. The first-order valence-electron chi connectivity index (χ1n) is 8.89. The quantitative estimate of drug-likeness (QED) is 0.586. The molecule has 2 aromatic rings. The monoisotopic (exact) mass is 367 g/mol. The van der Waals surface area contributed by atoms with E-state index in [1.807, 2.05) is 63.2 Å². The summed E-state index contributed by atoms with van der Waals surface area (Å²) < 4.78 is 10.7. The van der Waals surface area contributed by atoms with Gasteiger partial charge in [0.15, 0.2) is 6.10 Å². The molecule has 0 saturated heterocycles. The fourth-order valence-electron chi connectivity index (χ4n) is 2.43. The Bertz CT molecular complexity index is 842. The van der Waals surface area contributed by atoms with Gasteiger partial charge in [0, 0.05) is 17.3 Å². The smallest absolute Gasteiger partial charge is 0.331 e. The van der Waals surface area contributed by atoms with E-state index in [4.69, 9.17) is 9.47 Å². The van der Waals surface area contributed by atoms with Crippen molar-refractivity contribution in [3.8, 4) is 5.75 Å². The summed E-state index contributed by atoms with van der Waals surface area (Å²) in [7, 11) is 0. The molecule has 5 heteroatoms. The van der Waals surface area contributed by atoms with Crippen molar-refractivity contribution in [2.24, 2.45) is 0 Å². The zero-order valence-corrected chi connectivity index (χ0v) is 16.1. The molecule has 0 aliphatic heterocycles. The SMILES string of the molecule is CCOc1ccccc1/C=C/C(=O)O[C@H](C)C(=O)Nc1cc(C)ccc1C. The number of hydrogen-bond donors (Lipinski definition) is 1. The molecule has 1 amide bonds. The first kappa shape index (κ1) is 20.2. The van der Waals surface area contributed by atoms with Gasteiger partial charge in [-0.3, -0.25) is 4.79 Å². The highest BCUT2D eigenvalue weighted by atomic mass is 16.5. The van der Waals surface area contributed by atoms with E-state index in [9.17, 15) is 9.59 Å². The van der Waals surface area contributed by atoms with Gasteiger partial charge < -0.3 is 14.8 Å². The van der Waals surface area contributed by atoms with Crippen LogP contribution < -0.4 is 10.1 Å². The van der Waals surface area contributed by atoms with Crippen molar-refractivity contribution in [3.05, 3.63) is 65.2 Å². The normalized spacial score (nSPS) is 11.9. The van der Waals surface area contributed by atoms with Crippen LogP contribution in [0.3, 0.4) is 0 Å². The Kier molecular flexibility index (Phi) is 7.17. The van der Waals surface area contributed by atoms with Crippen molar-refractivity contribution in [3.63, 3.8) is 0 Å². The number of carbonyl (C=O) groups is 2. The molecule has 0 heterocycles. The molecule has 0 radical (unpaired) electrons. The van der Waals surface area contributed by atoms with E-state index in [0.717, 1.165) is 16.7 Å². The number of esters is 1. The molecule has 1 N–H and O–H groups in total. The molecule has 0 aliphatic carbocycles. The molecule has 0 unspecified atom stereocenters. The van der Waals surface area contributed by atoms with E-state index >= 15 is 0 Å². The van der Waals surface area contributed by atoms with Gasteiger partial charge in [-0.15, -0.1) is 0 Å². The van der Waals surface area contributed by atoms with Gasteiger partial charge in [-0.2, -0.15) is 0 Å². The molecule has 0 bridgehead atoms. The Morgan fingerprint density at radius 1 is 1.15 bits per heavy atom. The summed E-state index contributed by atoms with van der Waals surface area (Å²) in [5.74, 6) is -0.283. The number of ether oxygens (including phenoxy) is 2. The van der Waals surface area contributed by atoms with E-state index in [1.165, 1.54) is 6.08 Å². The fraction of sp³-hybridized carbons (Fsp3) is 0.273. The van der Waals surface area contributed by atoms with Crippen LogP contribution in [0.1, 0.15) is 30.5 Å². The number of anilines is 1. The summed E-state index contributed by atoms with van der Waals surface area (Å²) >= 11 is 0. The second kappa shape index (κ2) is 9.57. The molecule has 2 aromatic carbocycles. The lowest BCUT2D eigenvalue weighted by Crippen LogP contribution is -2.29. The number of nitrogens with one attached hydrogen (secondary N) is 1. The summed E-state index contributed by atoms with van der Waals surface area (Å²) in [6.07, 6.45) is 1.99. The summed E-state index contributed by atoms with van der Waals surface area (Å²) in [4.78, 5) is 24.3. The number of aryl methyl sites for hydroxylation is 2. The van der Waals surface area contributed by atoms with Gasteiger partial charge in [0.25, 0.3) is 5.91 Å². The van der Waals surface area contributed by atoms with Crippen LogP contribution in [0.25, 0.3) is 6.08 Å². The van der Waals surface area contributed by atoms with Crippen molar-refractivity contribution in [2.75, 3.05) is 11.9 Å². The van der Waals surface area contributed by atoms with Crippen LogP contribution in [0.15, 0.2) is 48.5 Å². The Morgan fingerprint density at radius 3 is 2.63 bits per heavy atom. The lowest BCUT2D eigenvalue weighted by molar-refractivity contribution is -0.148. The van der Waals surface area contributed by atoms with E-state index in [0.29, 0.717) is 18.0 Å². The molecule has 0 spiro atoms. The number of carbonyl (C=O) groups excluding carboxylic acids is 2. The molecule has 5 nitrogen and oxygen atoms in total. The van der Waals surface area contributed by atoms with Gasteiger partial charge >= 0.3 is 5.97 Å². The van der Waals surface area contributed by atoms with Crippen molar-refractivity contribution < 1.29 is 19.1 Å². The summed E-state index contributed by atoms with van der Waals surface area (Å²) in [5.41, 5.74) is 3.46. The predicted octanol–water partition coefficient (Wildman–Crippen LogP) is 4.29. The van der Waals surface area contributed by atoms with Crippen LogP contribution in [-0.4, -0.2) is 24.6 Å². The molecular formula is C22H25NO4. The first-order valence-corrected chi connectivity index (χ1v) is 8.89. The predicted molar refractivity (Wildman–Crippen MR) is 107 cm³/mol.